The van der Waals surface area contributed by atoms with Crippen molar-refractivity contribution >= 4 is 44.9 Å². The summed E-state index contributed by atoms with van der Waals surface area (Å²) in [6.07, 6.45) is 4.62. The fourth-order valence-electron chi connectivity index (χ4n) is 8.91. The number of amides is 1. The van der Waals surface area contributed by atoms with Crippen LogP contribution in [-0.4, -0.2) is 116 Å². The molecule has 7 N–H and O–H groups in total. The van der Waals surface area contributed by atoms with Crippen molar-refractivity contribution in [2.45, 2.75) is 79.5 Å². The highest BCUT2D eigenvalue weighted by atomic mass is 16.7. The van der Waals surface area contributed by atoms with Gasteiger partial charge >= 0.3 is 5.79 Å². The maximum Gasteiger partial charge on any atom is 0.312 e. The van der Waals surface area contributed by atoms with Gasteiger partial charge in [-0.05, 0) is 31.8 Å². The predicted molar refractivity (Wildman–Crippen MR) is 237 cm³/mol. The number of ketones is 1. The number of carbonyl (C=O) groups excluding carboxylic acids is 2. The lowest BCUT2D eigenvalue weighted by Crippen LogP contribution is -2.47. The van der Waals surface area contributed by atoms with Gasteiger partial charge in [-0.3, -0.25) is 19.3 Å². The average Bonchev–Trinajstić information content (AvgIpc) is 3.53. The summed E-state index contributed by atoms with van der Waals surface area (Å²) in [4.78, 5) is 52.3. The smallest absolute Gasteiger partial charge is 0.312 e. The molecule has 5 bridgehead atoms. The number of β-amino-alcohol motifs (C(OH)–C–C–N with tert-alkyl or cyclic N) is 1. The number of ether oxygens (including phenoxy) is 2. The maximum absolute atomic E-state index is 14.8. The second kappa shape index (κ2) is 17.6. The Morgan fingerprint density at radius 1 is 0.873 bits per heavy atom. The van der Waals surface area contributed by atoms with Crippen LogP contribution in [0, 0.1) is 36.5 Å². The van der Waals surface area contributed by atoms with Gasteiger partial charge in [0.15, 0.2) is 11.3 Å². The molecule has 9 atom stereocenters. The van der Waals surface area contributed by atoms with Crippen molar-refractivity contribution in [3.8, 4) is 28.7 Å². The first-order chi connectivity index (χ1) is 29.8. The molecule has 16 nitrogen and oxygen atoms in total. The number of fused-ring (bicyclic) bond motifs is 14. The fraction of sp³-hybridized carbons (Fsp3) is 0.489. The molecule has 0 radical (unpaired) electrons. The second-order valence-corrected chi connectivity index (χ2v) is 17.7. The minimum Gasteiger partial charge on any atom is -0.507 e. The van der Waals surface area contributed by atoms with E-state index in [1.807, 2.05) is 18.7 Å². The van der Waals surface area contributed by atoms with Crippen molar-refractivity contribution in [3.63, 3.8) is 0 Å². The molecule has 338 valence electrons. The Kier molecular flexibility index (Phi) is 12.7. The molecule has 1 fully saturated rings. The molecule has 6 aliphatic rings. The zero-order chi connectivity index (χ0) is 45.8. The van der Waals surface area contributed by atoms with E-state index in [2.05, 4.69) is 10.2 Å². The number of aromatic hydroxyl groups is 2. The Hall–Kier alpha value is -5.52. The minimum absolute atomic E-state index is 0.0170. The zero-order valence-corrected chi connectivity index (χ0v) is 36.9. The van der Waals surface area contributed by atoms with Crippen LogP contribution in [0.1, 0.15) is 64.4 Å². The van der Waals surface area contributed by atoms with E-state index in [1.165, 1.54) is 39.2 Å². The van der Waals surface area contributed by atoms with Gasteiger partial charge in [-0.25, -0.2) is 4.98 Å². The van der Waals surface area contributed by atoms with Gasteiger partial charge in [-0.1, -0.05) is 52.8 Å². The number of aliphatic hydroxyl groups excluding tert-OH is 4. The van der Waals surface area contributed by atoms with E-state index in [1.54, 1.807) is 45.1 Å². The second-order valence-electron chi connectivity index (χ2n) is 17.7. The van der Waals surface area contributed by atoms with Crippen molar-refractivity contribution in [2.24, 2.45) is 29.6 Å². The Morgan fingerprint density at radius 2 is 1.54 bits per heavy atom. The van der Waals surface area contributed by atoms with Crippen LogP contribution in [0.3, 0.4) is 0 Å². The quantitative estimate of drug-likeness (QED) is 0.108. The monoisotopic (exact) mass is 870 g/mol. The first-order valence-corrected chi connectivity index (χ1v) is 21.5. The zero-order valence-electron chi connectivity index (χ0n) is 36.9. The highest BCUT2D eigenvalue weighted by molar-refractivity contribution is 6.22. The third kappa shape index (κ3) is 8.14. The molecule has 1 amide bonds. The lowest BCUT2D eigenvalue weighted by molar-refractivity contribution is -0.112. The average molecular weight is 871 g/mol. The van der Waals surface area contributed by atoms with Crippen LogP contribution in [0.5, 0.6) is 17.2 Å². The van der Waals surface area contributed by atoms with Crippen molar-refractivity contribution in [1.82, 2.24) is 9.88 Å². The van der Waals surface area contributed by atoms with Gasteiger partial charge in [-0.2, -0.15) is 0 Å². The number of hydrogen-bond acceptors (Lipinski definition) is 15. The van der Waals surface area contributed by atoms with Gasteiger partial charge in [0.25, 0.3) is 11.7 Å². The predicted octanol–water partition coefficient (Wildman–Crippen LogP) is 4.82. The molecule has 0 aromatic heterocycles. The molecule has 8 rings (SSSR count). The van der Waals surface area contributed by atoms with Gasteiger partial charge in [0.2, 0.25) is 5.43 Å². The van der Waals surface area contributed by atoms with Crippen LogP contribution in [0.2, 0.25) is 0 Å². The van der Waals surface area contributed by atoms with Crippen LogP contribution in [-0.2, 0) is 9.53 Å². The van der Waals surface area contributed by atoms with E-state index in [0.717, 1.165) is 0 Å². The molecule has 5 heterocycles. The maximum atomic E-state index is 14.8. The largest absolute Gasteiger partial charge is 0.507 e. The van der Waals surface area contributed by atoms with Crippen molar-refractivity contribution in [3.05, 3.63) is 69.6 Å². The number of Topliss-reactive ketones (excluding diaryl/α,β-unsaturated/α-hetero) is 1. The molecular formula is C47H58N4O12. The Balaban J connectivity index is 1.43. The molecule has 2 aromatic carbocycles. The van der Waals surface area contributed by atoms with E-state index < -0.39 is 70.6 Å². The van der Waals surface area contributed by atoms with E-state index in [-0.39, 0.29) is 79.7 Å². The number of hydrogen-bond donors (Lipinski definition) is 7. The molecule has 0 unspecified atom stereocenters. The lowest BCUT2D eigenvalue weighted by Gasteiger charge is -2.35. The fourth-order valence-corrected chi connectivity index (χ4v) is 8.91. The van der Waals surface area contributed by atoms with E-state index in [4.69, 9.17) is 18.9 Å². The standard InChI is InChI=1S/C47H58N4O12/c1-22-12-19-61-47(8)45(59)34-32-33(41(57)28(7)43(34)63-47)42(58)37(49-46(60)24(3)11-9-10-23(2)38(54)26(5)40(56)27(6)39(55)25(22)4)44-36(32)48-35-30(53)20-29(21-31(35)62-44)51-15-13-50(14-16-51)17-18-52/h9-12,19-23,25-27,38-40,52-57H,13-18H2,1-8H3,(H,49,60)/b10-9+,19-12+,24-11-/t22-,23-,25+,26+,27-,38-,39+,40+,47-/m0/s1. The first kappa shape index (κ1) is 45.5. The van der Waals surface area contributed by atoms with Crippen molar-refractivity contribution in [1.29, 1.82) is 0 Å². The summed E-state index contributed by atoms with van der Waals surface area (Å²) in [6, 6.07) is 3.20. The summed E-state index contributed by atoms with van der Waals surface area (Å²) in [7, 11) is 0. The Labute approximate surface area is 365 Å². The van der Waals surface area contributed by atoms with E-state index in [0.29, 0.717) is 38.4 Å². The van der Waals surface area contributed by atoms with Crippen LogP contribution in [0.25, 0.3) is 33.3 Å². The van der Waals surface area contributed by atoms with Crippen LogP contribution in [0.15, 0.2) is 57.5 Å². The highest BCUT2D eigenvalue weighted by Gasteiger charge is 2.50. The Morgan fingerprint density at radius 3 is 2.22 bits per heavy atom. The molecule has 1 saturated heterocycles. The summed E-state index contributed by atoms with van der Waals surface area (Å²) in [5.74, 6) is -7.04. The van der Waals surface area contributed by atoms with Gasteiger partial charge in [-0.15, -0.1) is 0 Å². The third-order valence-electron chi connectivity index (χ3n) is 13.5. The number of aliphatic hydroxyl groups is 4. The Bertz CT molecular complexity index is 2560. The topological polar surface area (TPSA) is 236 Å². The number of aromatic nitrogens is 1. The number of allylic oxidation sites excluding steroid dienone is 3. The van der Waals surface area contributed by atoms with Gasteiger partial charge in [0, 0.05) is 91.7 Å². The van der Waals surface area contributed by atoms with Crippen molar-refractivity contribution in [2.75, 3.05) is 49.5 Å². The summed E-state index contributed by atoms with van der Waals surface area (Å²) in [6.45, 7) is 16.3. The minimum atomic E-state index is -2.00. The molecule has 0 spiro atoms. The first-order valence-electron chi connectivity index (χ1n) is 21.5. The lowest BCUT2D eigenvalue weighted by atomic mass is 9.77. The summed E-state index contributed by atoms with van der Waals surface area (Å²) < 4.78 is 18.7. The molecule has 16 heteroatoms. The summed E-state index contributed by atoms with van der Waals surface area (Å²) in [5.41, 5.74) is -0.653. The van der Waals surface area contributed by atoms with E-state index in [9.17, 15) is 45.0 Å². The number of nitrogens with one attached hydrogen (secondary N) is 1. The summed E-state index contributed by atoms with van der Waals surface area (Å²) in [5, 5.41) is 68.8. The van der Waals surface area contributed by atoms with Crippen LogP contribution in [0.4, 0.5) is 11.4 Å². The molecular weight excluding hydrogens is 813 g/mol. The molecule has 5 aliphatic heterocycles. The normalized spacial score (nSPS) is 30.9. The van der Waals surface area contributed by atoms with Gasteiger partial charge in [0.1, 0.15) is 34.1 Å². The van der Waals surface area contributed by atoms with Crippen molar-refractivity contribution < 1.29 is 54.1 Å². The number of phenolic OH excluding ortho intramolecular Hbond substituents is 2. The number of piperazine rings is 1. The molecule has 2 aromatic rings. The number of anilines is 2. The number of carbonyl (C=O) groups is 2. The van der Waals surface area contributed by atoms with Gasteiger partial charge in [0.05, 0.1) is 42.1 Å². The molecule has 63 heavy (non-hydrogen) atoms. The molecule has 1 aliphatic carbocycles. The number of phenols is 2. The number of rotatable bonds is 3. The number of benzene rings is 3. The van der Waals surface area contributed by atoms with Gasteiger partial charge < -0.3 is 54.7 Å². The molecule has 0 saturated carbocycles. The van der Waals surface area contributed by atoms with Crippen LogP contribution < -0.4 is 20.4 Å². The third-order valence-corrected chi connectivity index (χ3v) is 13.5. The van der Waals surface area contributed by atoms with Crippen LogP contribution >= 0.6 is 0 Å². The van der Waals surface area contributed by atoms with E-state index >= 15 is 0 Å². The number of nitrogens with zero attached hydrogens (tertiary/aromatic N) is 3. The summed E-state index contributed by atoms with van der Waals surface area (Å²) >= 11 is 0. The SMILES string of the molecule is C/C1=C/C=C/[C@H](C)[C@H](O)[C@@H](C)[C@@H](O)[C@@H](C)[C@H](O)[C@H](C)[C@@H](C)/C=C/O[C@@]2(C)Oc3c(C)c(O)c4c(=O)c(c5oc6cc(N7CCN(CCO)CC7)cc(O)c6nc-5c4c3C2=O)NC1=O. The highest BCUT2D eigenvalue weighted by Crippen LogP contribution is 2.51.